The normalized spacial score (nSPS) is 19.8. The van der Waals surface area contributed by atoms with Gasteiger partial charge in [0, 0.05) is 24.5 Å². The summed E-state index contributed by atoms with van der Waals surface area (Å²) >= 11 is 0. The third-order valence-electron chi connectivity index (χ3n) is 5.19. The van der Waals surface area contributed by atoms with Gasteiger partial charge in [0.2, 0.25) is 16.0 Å². The van der Waals surface area contributed by atoms with Crippen molar-refractivity contribution in [2.24, 2.45) is 10.7 Å². The van der Waals surface area contributed by atoms with Crippen molar-refractivity contribution in [3.63, 3.8) is 0 Å². The molecule has 0 spiro atoms. The van der Waals surface area contributed by atoms with Crippen LogP contribution in [0.5, 0.6) is 0 Å². The molecule has 3 N–H and O–H groups in total. The maximum Gasteiger partial charge on any atom is 0.275 e. The molecule has 172 valence electrons. The van der Waals surface area contributed by atoms with Crippen LogP contribution in [0, 0.1) is 12.7 Å². The van der Waals surface area contributed by atoms with Crippen LogP contribution in [0.15, 0.2) is 48.0 Å². The Kier molecular flexibility index (Phi) is 5.36. The third kappa shape index (κ3) is 4.26. The number of rotatable bonds is 4. The van der Waals surface area contributed by atoms with Gasteiger partial charge in [-0.1, -0.05) is 0 Å². The molecule has 1 aliphatic heterocycles. The number of halogens is 1. The van der Waals surface area contributed by atoms with Crippen LogP contribution in [0.2, 0.25) is 0 Å². The first kappa shape index (κ1) is 22.3. The molecule has 0 bridgehead atoms. The molecular weight excluding hydrogens is 451 g/mol. The minimum atomic E-state index is -3.79. The van der Waals surface area contributed by atoms with Crippen LogP contribution < -0.4 is 11.1 Å². The van der Waals surface area contributed by atoms with Gasteiger partial charge in [0.25, 0.3) is 5.91 Å². The van der Waals surface area contributed by atoms with E-state index in [1.54, 1.807) is 12.4 Å². The Bertz CT molecular complexity index is 1370. The van der Waals surface area contributed by atoms with Crippen molar-refractivity contribution in [2.75, 3.05) is 18.1 Å². The number of sulfonamides is 1. The number of carbonyl (C=O) groups is 1. The van der Waals surface area contributed by atoms with Gasteiger partial charge in [-0.3, -0.25) is 4.79 Å². The summed E-state index contributed by atoms with van der Waals surface area (Å²) in [5.74, 6) is -1.54. The lowest BCUT2D eigenvalue weighted by Crippen LogP contribution is -2.50. The van der Waals surface area contributed by atoms with Crippen LogP contribution in [-0.2, 0) is 15.6 Å². The van der Waals surface area contributed by atoms with Crippen LogP contribution in [0.3, 0.4) is 0 Å². The highest BCUT2D eigenvalue weighted by Gasteiger charge is 2.41. The average Bonchev–Trinajstić information content (AvgIpc) is 3.19. The van der Waals surface area contributed by atoms with E-state index in [0.29, 0.717) is 5.82 Å². The number of anilines is 1. The molecule has 3 heterocycles. The van der Waals surface area contributed by atoms with E-state index in [1.165, 1.54) is 43.2 Å². The number of nitrogens with zero attached hydrogens (tertiary/aromatic N) is 6. The zero-order valence-corrected chi connectivity index (χ0v) is 18.8. The number of aliphatic imine (C=N–C) groups is 1. The molecule has 1 aliphatic rings. The van der Waals surface area contributed by atoms with Crippen molar-refractivity contribution in [1.82, 2.24) is 24.1 Å². The van der Waals surface area contributed by atoms with E-state index in [-0.39, 0.29) is 22.9 Å². The molecule has 0 radical (unpaired) electrons. The minimum absolute atomic E-state index is 0.0181. The molecule has 2 aromatic heterocycles. The van der Waals surface area contributed by atoms with Crippen molar-refractivity contribution in [1.29, 1.82) is 0 Å². The Hall–Kier alpha value is -3.87. The van der Waals surface area contributed by atoms with Gasteiger partial charge in [-0.2, -0.15) is 5.10 Å². The molecule has 3 aromatic rings. The highest BCUT2D eigenvalue weighted by Crippen LogP contribution is 2.34. The molecule has 0 saturated carbocycles. The van der Waals surface area contributed by atoms with Crippen molar-refractivity contribution < 1.29 is 17.6 Å². The van der Waals surface area contributed by atoms with Crippen molar-refractivity contribution in [3.05, 3.63) is 65.6 Å². The maximum atomic E-state index is 14.7. The largest absolute Gasteiger partial charge is 0.369 e. The van der Waals surface area contributed by atoms with Crippen LogP contribution >= 0.6 is 0 Å². The van der Waals surface area contributed by atoms with Crippen molar-refractivity contribution in [3.8, 4) is 5.82 Å². The summed E-state index contributed by atoms with van der Waals surface area (Å²) in [5, 5.41) is 6.75. The van der Waals surface area contributed by atoms with Crippen LogP contribution in [0.1, 0.15) is 28.5 Å². The Morgan fingerprint density at radius 2 is 2.00 bits per heavy atom. The molecule has 11 nitrogen and oxygen atoms in total. The smallest absolute Gasteiger partial charge is 0.275 e. The maximum absolute atomic E-state index is 14.7. The van der Waals surface area contributed by atoms with E-state index in [9.17, 15) is 17.6 Å². The lowest BCUT2D eigenvalue weighted by Gasteiger charge is -2.34. The van der Waals surface area contributed by atoms with Gasteiger partial charge in [0.1, 0.15) is 17.1 Å². The van der Waals surface area contributed by atoms with E-state index < -0.39 is 33.0 Å². The number of hydrogen-bond donors (Lipinski definition) is 2. The van der Waals surface area contributed by atoms with Gasteiger partial charge < -0.3 is 11.1 Å². The average molecular weight is 473 g/mol. The number of guanidine groups is 1. The molecule has 0 unspecified atom stereocenters. The summed E-state index contributed by atoms with van der Waals surface area (Å²) in [6.07, 6.45) is 6.13. The van der Waals surface area contributed by atoms with E-state index in [4.69, 9.17) is 5.73 Å². The summed E-state index contributed by atoms with van der Waals surface area (Å²) in [4.78, 5) is 25.1. The van der Waals surface area contributed by atoms with E-state index in [1.807, 2.05) is 6.92 Å². The Morgan fingerprint density at radius 1 is 1.24 bits per heavy atom. The van der Waals surface area contributed by atoms with Gasteiger partial charge in [-0.05, 0) is 37.6 Å². The fourth-order valence-electron chi connectivity index (χ4n) is 3.39. The molecule has 33 heavy (non-hydrogen) atoms. The number of hydrogen-bond acceptors (Lipinski definition) is 8. The number of aromatic nitrogens is 4. The number of aryl methyl sites for hydroxylation is 1. The molecule has 1 amide bonds. The molecule has 1 aromatic carbocycles. The number of nitrogens with one attached hydrogen (secondary N) is 1. The summed E-state index contributed by atoms with van der Waals surface area (Å²) < 4.78 is 41.9. The van der Waals surface area contributed by atoms with Gasteiger partial charge in [-0.25, -0.2) is 36.8 Å². The van der Waals surface area contributed by atoms with Crippen LogP contribution in [-0.4, -0.2) is 57.1 Å². The molecule has 0 aliphatic carbocycles. The fraction of sp³-hybridized carbons (Fsp3) is 0.250. The predicted octanol–water partition coefficient (Wildman–Crippen LogP) is 1.17. The van der Waals surface area contributed by atoms with Gasteiger partial charge in [-0.15, -0.1) is 0 Å². The lowest BCUT2D eigenvalue weighted by molar-refractivity contribution is 0.102. The lowest BCUT2D eigenvalue weighted by atomic mass is 9.93. The highest BCUT2D eigenvalue weighted by atomic mass is 32.2. The molecule has 4 rings (SSSR count). The van der Waals surface area contributed by atoms with E-state index >= 15 is 0 Å². The quantitative estimate of drug-likeness (QED) is 0.579. The SMILES string of the molecule is Cc1cnn(-c2cnc(C(=O)Nc3ccc(F)c([C@]4(C)CS(=O)(=O)N(C)C(N)=N4)c3)cn2)c1. The third-order valence-corrected chi connectivity index (χ3v) is 7.13. The second kappa shape index (κ2) is 7.92. The van der Waals surface area contributed by atoms with Crippen LogP contribution in [0.25, 0.3) is 5.82 Å². The van der Waals surface area contributed by atoms with Crippen molar-refractivity contribution in [2.45, 2.75) is 19.4 Å². The second-order valence-corrected chi connectivity index (χ2v) is 9.84. The number of amides is 1. The minimum Gasteiger partial charge on any atom is -0.369 e. The fourth-order valence-corrected chi connectivity index (χ4v) is 4.84. The topological polar surface area (TPSA) is 148 Å². The second-order valence-electron chi connectivity index (χ2n) is 7.84. The number of carbonyl (C=O) groups excluding carboxylic acids is 1. The highest BCUT2D eigenvalue weighted by molar-refractivity contribution is 7.89. The van der Waals surface area contributed by atoms with Crippen LogP contribution in [0.4, 0.5) is 10.1 Å². The number of nitrogens with two attached hydrogens (primary N) is 1. The van der Waals surface area contributed by atoms with Crippen molar-refractivity contribution >= 4 is 27.6 Å². The predicted molar refractivity (Wildman–Crippen MR) is 119 cm³/mol. The summed E-state index contributed by atoms with van der Waals surface area (Å²) in [6, 6.07) is 3.81. The molecule has 0 fully saturated rings. The van der Waals surface area contributed by atoms with E-state index in [0.717, 1.165) is 15.9 Å². The molecule has 1 atom stereocenters. The summed E-state index contributed by atoms with van der Waals surface area (Å²) in [5.41, 5.74) is 5.47. The number of benzene rings is 1. The molecule has 13 heteroatoms. The Balaban J connectivity index is 1.59. The zero-order chi connectivity index (χ0) is 24.0. The standard InChI is InChI=1S/C20H21FN8O3S/c1-12-7-25-29(10-12)17-9-23-16(8-24-17)18(30)26-13-4-5-15(21)14(6-13)20(2)11-33(31,32)28(3)19(22)27-20/h4-10H,11H2,1-3H3,(H2,22,27)(H,26,30)/t20-/m0/s1. The monoisotopic (exact) mass is 472 g/mol. The van der Waals surface area contributed by atoms with Gasteiger partial charge >= 0.3 is 0 Å². The van der Waals surface area contributed by atoms with Gasteiger partial charge in [0.05, 0.1) is 24.3 Å². The first-order valence-electron chi connectivity index (χ1n) is 9.75. The first-order valence-corrected chi connectivity index (χ1v) is 11.4. The Morgan fingerprint density at radius 3 is 2.61 bits per heavy atom. The molecule has 0 saturated heterocycles. The summed E-state index contributed by atoms with van der Waals surface area (Å²) in [6.45, 7) is 3.35. The summed E-state index contributed by atoms with van der Waals surface area (Å²) in [7, 11) is -2.51. The van der Waals surface area contributed by atoms with E-state index in [2.05, 4.69) is 25.4 Å². The van der Waals surface area contributed by atoms with Gasteiger partial charge in [0.15, 0.2) is 5.82 Å². The first-order chi connectivity index (χ1) is 15.5. The zero-order valence-electron chi connectivity index (χ0n) is 18.0. The Labute approximate surface area is 189 Å². The molecular formula is C20H21FN8O3S.